The molecule has 6 rings (SSSR count). The van der Waals surface area contributed by atoms with Crippen molar-refractivity contribution in [3.63, 3.8) is 0 Å². The van der Waals surface area contributed by atoms with Crippen molar-refractivity contribution in [1.29, 1.82) is 0 Å². The number of benzene rings is 2. The second-order valence-electron chi connectivity index (χ2n) is 10.8. The Balaban J connectivity index is 1.40. The van der Waals surface area contributed by atoms with Gasteiger partial charge in [-0.25, -0.2) is 4.98 Å². The average molecular weight is 544 g/mol. The number of rotatable bonds is 7. The van der Waals surface area contributed by atoms with E-state index in [2.05, 4.69) is 44.8 Å². The van der Waals surface area contributed by atoms with E-state index in [0.29, 0.717) is 17.6 Å². The van der Waals surface area contributed by atoms with Crippen LogP contribution < -0.4 is 25.6 Å². The van der Waals surface area contributed by atoms with Crippen molar-refractivity contribution in [3.8, 4) is 16.9 Å². The molecule has 2 aromatic carbocycles. The molecule has 1 aliphatic heterocycles. The molecule has 0 unspecified atom stereocenters. The summed E-state index contributed by atoms with van der Waals surface area (Å²) in [5.41, 5.74) is 7.17. The Kier molecular flexibility index (Phi) is 6.34. The molecule has 3 heterocycles. The molecular formula is C29H34N7O2P. The Labute approximate surface area is 229 Å². The Hall–Kier alpha value is -3.84. The Morgan fingerprint density at radius 2 is 1.82 bits per heavy atom. The first-order chi connectivity index (χ1) is 18.7. The van der Waals surface area contributed by atoms with Gasteiger partial charge in [0.25, 0.3) is 0 Å². The summed E-state index contributed by atoms with van der Waals surface area (Å²) in [5, 5.41) is 12.2. The van der Waals surface area contributed by atoms with E-state index in [9.17, 15) is 4.57 Å². The van der Waals surface area contributed by atoms with Crippen molar-refractivity contribution >= 4 is 41.3 Å². The van der Waals surface area contributed by atoms with Gasteiger partial charge >= 0.3 is 0 Å². The van der Waals surface area contributed by atoms with Crippen LogP contribution in [-0.4, -0.2) is 53.8 Å². The lowest BCUT2D eigenvalue weighted by atomic mass is 10.0. The average Bonchev–Trinajstić information content (AvgIpc) is 3.70. The minimum absolute atomic E-state index is 0.435. The molecule has 0 spiro atoms. The molecule has 0 atom stereocenters. The first kappa shape index (κ1) is 25.4. The number of aromatic nitrogens is 4. The summed E-state index contributed by atoms with van der Waals surface area (Å²) in [6, 6.07) is 11.9. The monoisotopic (exact) mass is 543 g/mol. The number of hydrogen-bond donors (Lipinski definition) is 2. The predicted octanol–water partition coefficient (Wildman–Crippen LogP) is 5.49. The van der Waals surface area contributed by atoms with E-state index in [1.807, 2.05) is 48.4 Å². The number of methoxy groups -OCH3 is 1. The van der Waals surface area contributed by atoms with Gasteiger partial charge in [0.1, 0.15) is 18.7 Å². The fourth-order valence-electron chi connectivity index (χ4n) is 5.29. The summed E-state index contributed by atoms with van der Waals surface area (Å²) < 4.78 is 20.7. The Morgan fingerprint density at radius 3 is 2.56 bits per heavy atom. The molecule has 10 heteroatoms. The lowest BCUT2D eigenvalue weighted by Crippen LogP contribution is -2.20. The molecule has 4 aromatic rings. The van der Waals surface area contributed by atoms with Gasteiger partial charge in [-0.1, -0.05) is 12.1 Å². The van der Waals surface area contributed by atoms with Crippen LogP contribution >= 0.6 is 7.14 Å². The van der Waals surface area contributed by atoms with Crippen LogP contribution in [0.5, 0.6) is 5.75 Å². The van der Waals surface area contributed by atoms with E-state index in [-0.39, 0.29) is 0 Å². The molecule has 1 fully saturated rings. The van der Waals surface area contributed by atoms with Crippen LogP contribution in [0.2, 0.25) is 0 Å². The molecule has 9 nitrogen and oxygen atoms in total. The predicted molar refractivity (Wildman–Crippen MR) is 158 cm³/mol. The molecule has 0 bridgehead atoms. The molecule has 1 aliphatic carbocycles. The van der Waals surface area contributed by atoms with Crippen molar-refractivity contribution in [3.05, 3.63) is 60.0 Å². The second kappa shape index (κ2) is 9.72. The van der Waals surface area contributed by atoms with Gasteiger partial charge in [-0.15, -0.1) is 0 Å². The zero-order valence-corrected chi connectivity index (χ0v) is 23.9. The molecule has 39 heavy (non-hydrogen) atoms. The van der Waals surface area contributed by atoms with Crippen molar-refractivity contribution in [1.82, 2.24) is 19.7 Å². The molecule has 202 valence electrons. The van der Waals surface area contributed by atoms with Crippen LogP contribution in [0.1, 0.15) is 30.0 Å². The van der Waals surface area contributed by atoms with Crippen LogP contribution in [0, 0.1) is 0 Å². The van der Waals surface area contributed by atoms with Crippen LogP contribution in [0.15, 0.2) is 48.8 Å². The summed E-state index contributed by atoms with van der Waals surface area (Å²) in [5.74, 6) is 2.34. The minimum atomic E-state index is -2.49. The van der Waals surface area contributed by atoms with E-state index in [1.165, 1.54) is 5.69 Å². The number of nitrogens with one attached hydrogen (secondary N) is 2. The largest absolute Gasteiger partial charge is 0.494 e. The number of likely N-dealkylation sites (N-methyl/N-ethyl adjacent to an activating group) is 1. The molecule has 1 saturated carbocycles. The summed E-state index contributed by atoms with van der Waals surface area (Å²) in [7, 11) is 3.28. The number of hydrogen-bond acceptors (Lipinski definition) is 8. The van der Waals surface area contributed by atoms with E-state index in [4.69, 9.17) is 9.72 Å². The first-order valence-electron chi connectivity index (χ1n) is 13.2. The summed E-state index contributed by atoms with van der Waals surface area (Å²) in [6.45, 7) is 4.47. The maximum absolute atomic E-state index is 13.0. The van der Waals surface area contributed by atoms with Crippen LogP contribution in [0.3, 0.4) is 0 Å². The highest BCUT2D eigenvalue weighted by Gasteiger charge is 2.29. The minimum Gasteiger partial charge on any atom is -0.494 e. The fraction of sp³-hybridized carbons (Fsp3) is 0.345. The number of anilines is 5. The maximum atomic E-state index is 13.0. The number of ether oxygens (including phenoxy) is 1. The Bertz CT molecular complexity index is 1610. The standard InChI is InChI=1S/C29H34N7O2P/c1-35-13-12-24-21(17-31-36(24)2)19-14-23(26(38-3)15-25(19)35)33-29-30-16-20(18-10-11-18)28(34-29)32-22-8-6-7-9-27(22)39(4,5)37/h6-9,14-18H,10-13H2,1-5H3,(H2,30,32,33,34). The molecule has 0 saturated heterocycles. The third-order valence-electron chi connectivity index (χ3n) is 7.58. The third-order valence-corrected chi connectivity index (χ3v) is 9.13. The van der Waals surface area contributed by atoms with Crippen molar-refractivity contribution in [2.24, 2.45) is 7.05 Å². The van der Waals surface area contributed by atoms with Crippen molar-refractivity contribution < 1.29 is 9.30 Å². The summed E-state index contributed by atoms with van der Waals surface area (Å²) in [6.07, 6.45) is 6.98. The van der Waals surface area contributed by atoms with Gasteiger partial charge < -0.3 is 24.8 Å². The highest BCUT2D eigenvalue weighted by molar-refractivity contribution is 7.70. The van der Waals surface area contributed by atoms with Crippen LogP contribution in [0.4, 0.5) is 28.8 Å². The second-order valence-corrected chi connectivity index (χ2v) is 13.9. The van der Waals surface area contributed by atoms with Gasteiger partial charge in [0.05, 0.1) is 24.7 Å². The van der Waals surface area contributed by atoms with Crippen molar-refractivity contribution in [2.75, 3.05) is 49.6 Å². The smallest absolute Gasteiger partial charge is 0.229 e. The van der Waals surface area contributed by atoms with Gasteiger partial charge in [0, 0.05) is 72.7 Å². The van der Waals surface area contributed by atoms with Gasteiger partial charge in [0.15, 0.2) is 0 Å². The molecule has 2 aromatic heterocycles. The van der Waals surface area contributed by atoms with E-state index < -0.39 is 7.14 Å². The SMILES string of the molecule is COc1cc2c(cc1Nc1ncc(C3CC3)c(Nc3ccccc3P(C)(C)=O)n1)-c1cnn(C)c1CCN2C. The first-order valence-corrected chi connectivity index (χ1v) is 15.8. The lowest BCUT2D eigenvalue weighted by molar-refractivity contribution is 0.417. The van der Waals surface area contributed by atoms with E-state index >= 15 is 0 Å². The lowest BCUT2D eigenvalue weighted by Gasteiger charge is -2.22. The topological polar surface area (TPSA) is 97.2 Å². The molecule has 2 aliphatic rings. The normalized spacial score (nSPS) is 14.8. The van der Waals surface area contributed by atoms with Crippen molar-refractivity contribution in [2.45, 2.75) is 25.2 Å². The summed E-state index contributed by atoms with van der Waals surface area (Å²) in [4.78, 5) is 11.8. The van der Waals surface area contributed by atoms with Gasteiger partial charge in [-0.05, 0) is 50.3 Å². The third kappa shape index (κ3) is 4.87. The highest BCUT2D eigenvalue weighted by atomic mass is 31.2. The van der Waals surface area contributed by atoms with Crippen LogP contribution in [-0.2, 0) is 18.0 Å². The molecule has 0 radical (unpaired) electrons. The molecule has 0 amide bonds. The van der Waals surface area contributed by atoms with Gasteiger partial charge in [-0.3, -0.25) is 4.68 Å². The number of fused-ring (bicyclic) bond motifs is 3. The number of para-hydroxylation sites is 1. The zero-order chi connectivity index (χ0) is 27.3. The highest BCUT2D eigenvalue weighted by Crippen LogP contribution is 2.45. The van der Waals surface area contributed by atoms with Crippen LogP contribution in [0.25, 0.3) is 11.1 Å². The number of nitrogens with zero attached hydrogens (tertiary/aromatic N) is 5. The van der Waals surface area contributed by atoms with Gasteiger partial charge in [0.2, 0.25) is 5.95 Å². The van der Waals surface area contributed by atoms with Gasteiger partial charge in [-0.2, -0.15) is 10.1 Å². The Morgan fingerprint density at radius 1 is 1.03 bits per heavy atom. The summed E-state index contributed by atoms with van der Waals surface area (Å²) >= 11 is 0. The van der Waals surface area contributed by atoms with E-state index in [0.717, 1.165) is 70.7 Å². The zero-order valence-electron chi connectivity index (χ0n) is 23.0. The number of aryl methyl sites for hydroxylation is 1. The molecular weight excluding hydrogens is 509 g/mol. The molecule has 2 N–H and O–H groups in total. The van der Waals surface area contributed by atoms with E-state index in [1.54, 1.807) is 20.4 Å². The fourth-order valence-corrected chi connectivity index (χ4v) is 6.44. The quantitative estimate of drug-likeness (QED) is 0.296. The maximum Gasteiger partial charge on any atom is 0.229 e.